The molecule has 1 aliphatic rings. The highest BCUT2D eigenvalue weighted by atomic mass is 32.1. The van der Waals surface area contributed by atoms with Gasteiger partial charge in [-0.2, -0.15) is 9.45 Å². The molecule has 1 aromatic carbocycles. The van der Waals surface area contributed by atoms with Crippen LogP contribution in [0.2, 0.25) is 0 Å². The summed E-state index contributed by atoms with van der Waals surface area (Å²) in [7, 11) is 0. The number of aromatic nitrogens is 1. The Hall–Kier alpha value is -1.76. The molecule has 22 heavy (non-hydrogen) atoms. The van der Waals surface area contributed by atoms with Crippen LogP contribution in [0.4, 0.5) is 0 Å². The van der Waals surface area contributed by atoms with E-state index >= 15 is 0 Å². The Kier molecular flexibility index (Phi) is 4.52. The molecule has 2 aromatic rings. The first kappa shape index (κ1) is 15.1. The Morgan fingerprint density at radius 3 is 3.14 bits per heavy atom. The lowest BCUT2D eigenvalue weighted by Gasteiger charge is -2.15. The Balaban J connectivity index is 1.77. The lowest BCUT2D eigenvalue weighted by Crippen LogP contribution is -2.38. The molecule has 0 amide bonds. The molecule has 0 saturated carbocycles. The molecular weight excluding hydrogens is 302 g/mol. The van der Waals surface area contributed by atoms with E-state index in [9.17, 15) is 4.79 Å². The summed E-state index contributed by atoms with van der Waals surface area (Å²) >= 11 is 1.57. The maximum atomic E-state index is 12.5. The summed E-state index contributed by atoms with van der Waals surface area (Å²) < 4.78 is 1.93. The Morgan fingerprint density at radius 1 is 1.45 bits per heavy atom. The maximum absolute atomic E-state index is 12.5. The molecule has 0 bridgehead atoms. The van der Waals surface area contributed by atoms with Gasteiger partial charge < -0.3 is 9.99 Å². The molecule has 0 atom stereocenters. The number of benzene rings is 1. The zero-order valence-electron chi connectivity index (χ0n) is 12.4. The number of aliphatic hydroxyl groups excluding tert-OH is 1. The smallest absolute Gasteiger partial charge is 0.227 e. The predicted octanol–water partition coefficient (Wildman–Crippen LogP) is 1.63. The zero-order chi connectivity index (χ0) is 15.5. The quantitative estimate of drug-likeness (QED) is 0.517. The van der Waals surface area contributed by atoms with Gasteiger partial charge in [0.25, 0.3) is 0 Å². The maximum Gasteiger partial charge on any atom is 0.227 e. The second-order valence-corrected chi connectivity index (χ2v) is 6.17. The summed E-state index contributed by atoms with van der Waals surface area (Å²) in [6.45, 7) is 2.92. The first-order chi connectivity index (χ1) is 10.7. The number of hydrogen-bond donors (Lipinski definition) is 1. The second kappa shape index (κ2) is 6.56. The molecule has 6 heteroatoms. The van der Waals surface area contributed by atoms with Gasteiger partial charge in [-0.15, -0.1) is 0 Å². The van der Waals surface area contributed by atoms with Crippen molar-refractivity contribution in [2.24, 2.45) is 0 Å². The van der Waals surface area contributed by atoms with Crippen LogP contribution in [0.15, 0.2) is 23.7 Å². The van der Waals surface area contributed by atoms with Crippen LogP contribution in [0.25, 0.3) is 0 Å². The summed E-state index contributed by atoms with van der Waals surface area (Å²) in [4.78, 5) is 23.7. The van der Waals surface area contributed by atoms with Gasteiger partial charge in [-0.3, -0.25) is 4.79 Å². The number of ketones is 1. The van der Waals surface area contributed by atoms with Crippen LogP contribution in [0.3, 0.4) is 0 Å². The monoisotopic (exact) mass is 320 g/mol. The van der Waals surface area contributed by atoms with Gasteiger partial charge in [0, 0.05) is 37.5 Å². The molecule has 0 aliphatic carbocycles. The molecular formula is C16H18NO4S+. The highest BCUT2D eigenvalue weighted by molar-refractivity contribution is 7.09. The summed E-state index contributed by atoms with van der Waals surface area (Å²) in [6, 6.07) is 5.51. The number of aliphatic hydroxyl groups is 1. The first-order valence-electron chi connectivity index (χ1n) is 7.22. The number of hydrogen-bond acceptors (Lipinski definition) is 5. The molecule has 1 aromatic heterocycles. The van der Waals surface area contributed by atoms with Crippen molar-refractivity contribution in [2.75, 3.05) is 13.2 Å². The van der Waals surface area contributed by atoms with Crippen molar-refractivity contribution in [1.29, 1.82) is 0 Å². The first-order valence-corrected chi connectivity index (χ1v) is 8.10. The van der Waals surface area contributed by atoms with Crippen LogP contribution in [-0.4, -0.2) is 24.1 Å². The minimum absolute atomic E-state index is 0.0263. The van der Waals surface area contributed by atoms with Gasteiger partial charge in [0.15, 0.2) is 11.4 Å². The number of fused-ring (bicyclic) bond motifs is 1. The molecule has 5 nitrogen and oxygen atoms in total. The molecule has 1 aliphatic heterocycles. The van der Waals surface area contributed by atoms with E-state index in [-0.39, 0.29) is 18.9 Å². The van der Waals surface area contributed by atoms with E-state index in [1.54, 1.807) is 17.4 Å². The number of carbonyl (C=O) groups excluding carboxylic acids is 1. The van der Waals surface area contributed by atoms with Gasteiger partial charge in [0.05, 0.1) is 11.5 Å². The van der Waals surface area contributed by atoms with E-state index in [0.717, 1.165) is 22.6 Å². The summed E-state index contributed by atoms with van der Waals surface area (Å²) in [6.07, 6.45) is 1.43. The average Bonchev–Trinajstić information content (AvgIpc) is 2.88. The molecule has 0 spiro atoms. The van der Waals surface area contributed by atoms with Gasteiger partial charge >= 0.3 is 0 Å². The van der Waals surface area contributed by atoms with Crippen LogP contribution in [0, 0.1) is 6.92 Å². The summed E-state index contributed by atoms with van der Waals surface area (Å²) in [5.41, 5.74) is 4.64. The number of rotatable bonds is 5. The topological polar surface area (TPSA) is 59.6 Å². The minimum Gasteiger partial charge on any atom is -0.396 e. The third kappa shape index (κ3) is 3.04. The third-order valence-corrected chi connectivity index (χ3v) is 4.95. The molecule has 0 unspecified atom stereocenters. The normalized spacial score (nSPS) is 13.5. The fourth-order valence-electron chi connectivity index (χ4n) is 2.46. The van der Waals surface area contributed by atoms with Crippen LogP contribution < -0.4 is 9.45 Å². The summed E-state index contributed by atoms with van der Waals surface area (Å²) in [5.74, 6) is 0.656. The molecule has 0 saturated heterocycles. The van der Waals surface area contributed by atoms with Gasteiger partial charge in [-0.25, -0.2) is 0 Å². The van der Waals surface area contributed by atoms with Crippen LogP contribution in [0.5, 0.6) is 5.75 Å². The van der Waals surface area contributed by atoms with Crippen molar-refractivity contribution in [1.82, 2.24) is 0 Å². The Bertz CT molecular complexity index is 695. The number of carbonyl (C=O) groups is 1. The van der Waals surface area contributed by atoms with Crippen LogP contribution >= 0.6 is 11.3 Å². The lowest BCUT2D eigenvalue weighted by molar-refractivity contribution is -0.684. The molecule has 0 fully saturated rings. The highest BCUT2D eigenvalue weighted by Gasteiger charge is 2.21. The number of thiazole rings is 1. The molecule has 1 N–H and O–H groups in total. The van der Waals surface area contributed by atoms with E-state index < -0.39 is 0 Å². The van der Waals surface area contributed by atoms with Gasteiger partial charge in [-0.05, 0) is 6.07 Å². The Morgan fingerprint density at radius 2 is 2.32 bits per heavy atom. The van der Waals surface area contributed by atoms with Crippen molar-refractivity contribution in [3.63, 3.8) is 0 Å². The van der Waals surface area contributed by atoms with Crippen molar-refractivity contribution in [2.45, 2.75) is 26.3 Å². The average molecular weight is 320 g/mol. The van der Waals surface area contributed by atoms with Crippen molar-refractivity contribution < 1.29 is 24.2 Å². The van der Waals surface area contributed by atoms with Crippen molar-refractivity contribution >= 4 is 17.1 Å². The van der Waals surface area contributed by atoms with Crippen LogP contribution in [0.1, 0.15) is 26.5 Å². The fourth-order valence-corrected chi connectivity index (χ4v) is 3.45. The fraction of sp³-hybridized carbons (Fsp3) is 0.375. The highest BCUT2D eigenvalue weighted by Crippen LogP contribution is 2.25. The molecule has 116 valence electrons. The molecule has 3 rings (SSSR count). The number of nitrogens with zero attached hydrogens (tertiary/aromatic N) is 1. The zero-order valence-corrected chi connectivity index (χ0v) is 13.2. The van der Waals surface area contributed by atoms with E-state index in [2.05, 4.69) is 0 Å². The van der Waals surface area contributed by atoms with Gasteiger partial charge in [0.1, 0.15) is 0 Å². The minimum atomic E-state index is 0.0263. The molecule has 0 radical (unpaired) electrons. The van der Waals surface area contributed by atoms with Crippen molar-refractivity contribution in [3.8, 4) is 5.75 Å². The van der Waals surface area contributed by atoms with Gasteiger partial charge in [0.2, 0.25) is 17.8 Å². The lowest BCUT2D eigenvalue weighted by atomic mass is 10.0. The third-order valence-electron chi connectivity index (χ3n) is 3.80. The second-order valence-electron chi connectivity index (χ2n) is 5.23. The molecule has 2 heterocycles. The number of Topliss-reactive ketones (excluding diaryl/α,β-unsaturated/α-hetero) is 1. The van der Waals surface area contributed by atoms with E-state index in [1.165, 1.54) is 0 Å². The van der Waals surface area contributed by atoms with Crippen molar-refractivity contribution in [3.05, 3.63) is 45.4 Å². The van der Waals surface area contributed by atoms with E-state index in [0.29, 0.717) is 24.3 Å². The van der Waals surface area contributed by atoms with Gasteiger partial charge in [-0.1, -0.05) is 23.5 Å². The summed E-state index contributed by atoms with van der Waals surface area (Å²) in [5, 5.41) is 9.03. The SMILES string of the molecule is Cc1c(CCO)sc[n+]1CC(=O)c1ccc2c(c1)OOCC2. The van der Waals surface area contributed by atoms with E-state index in [1.807, 2.05) is 29.1 Å². The predicted molar refractivity (Wildman–Crippen MR) is 81.1 cm³/mol. The van der Waals surface area contributed by atoms with Crippen LogP contribution in [-0.2, 0) is 24.3 Å². The van der Waals surface area contributed by atoms with E-state index in [4.69, 9.17) is 14.9 Å². The standard InChI is InChI=1S/C16H18NO4S/c1-11-16(4-6-18)22-10-17(11)9-14(19)13-3-2-12-5-7-20-21-15(12)8-13/h2-3,8,10,18H,4-7,9H2,1H3/q+1. The Labute approximate surface area is 132 Å². The largest absolute Gasteiger partial charge is 0.396 e.